The Morgan fingerprint density at radius 3 is 2.00 bits per heavy atom. The van der Waals surface area contributed by atoms with Gasteiger partial charge in [0.2, 0.25) is 0 Å². The number of benzene rings is 5. The Hall–Kier alpha value is -5.74. The third-order valence-corrected chi connectivity index (χ3v) is 8.37. The number of aromatic nitrogens is 4. The summed E-state index contributed by atoms with van der Waals surface area (Å²) in [5.74, 6) is 0.699. The van der Waals surface area contributed by atoms with Crippen LogP contribution >= 0.6 is 0 Å². The van der Waals surface area contributed by atoms with Crippen molar-refractivity contribution in [3.05, 3.63) is 134 Å². The average molecular weight is 535 g/mol. The van der Waals surface area contributed by atoms with Gasteiger partial charge in [0.05, 0.1) is 16.7 Å². The highest BCUT2D eigenvalue weighted by atomic mass is 14.8. The minimum Gasteiger partial charge on any atom is -0.254 e. The van der Waals surface area contributed by atoms with Crippen molar-refractivity contribution in [1.82, 2.24) is 19.9 Å². The van der Waals surface area contributed by atoms with E-state index in [-0.39, 0.29) is 0 Å². The van der Waals surface area contributed by atoms with Crippen LogP contribution in [0.3, 0.4) is 0 Å². The van der Waals surface area contributed by atoms with Crippen molar-refractivity contribution in [1.29, 1.82) is 0 Å². The molecule has 0 saturated carbocycles. The van der Waals surface area contributed by atoms with Gasteiger partial charge in [-0.2, -0.15) is 0 Å². The lowest BCUT2D eigenvalue weighted by Gasteiger charge is -2.14. The molecule has 194 valence electrons. The number of hydrogen-bond acceptors (Lipinski definition) is 4. The van der Waals surface area contributed by atoms with Crippen LogP contribution in [0.15, 0.2) is 134 Å². The maximum absolute atomic E-state index is 5.17. The first-order valence-corrected chi connectivity index (χ1v) is 14.1. The molecule has 3 aromatic heterocycles. The lowest BCUT2D eigenvalue weighted by atomic mass is 9.91. The van der Waals surface area contributed by atoms with E-state index in [2.05, 4.69) is 101 Å². The van der Waals surface area contributed by atoms with Crippen LogP contribution < -0.4 is 0 Å². The monoisotopic (exact) mass is 534 g/mol. The van der Waals surface area contributed by atoms with Crippen LogP contribution in [0.2, 0.25) is 0 Å². The molecule has 1 aliphatic carbocycles. The van der Waals surface area contributed by atoms with E-state index in [1.165, 1.54) is 44.2 Å². The van der Waals surface area contributed by atoms with E-state index in [0.29, 0.717) is 5.82 Å². The highest BCUT2D eigenvalue weighted by Gasteiger charge is 2.23. The van der Waals surface area contributed by atoms with Gasteiger partial charge < -0.3 is 0 Å². The van der Waals surface area contributed by atoms with E-state index < -0.39 is 0 Å². The van der Waals surface area contributed by atoms with Crippen LogP contribution in [-0.2, 0) is 0 Å². The van der Waals surface area contributed by atoms with Crippen molar-refractivity contribution in [2.24, 2.45) is 0 Å². The van der Waals surface area contributed by atoms with E-state index in [1.807, 2.05) is 30.5 Å². The Bertz CT molecular complexity index is 2330. The summed E-state index contributed by atoms with van der Waals surface area (Å²) in [5, 5.41) is 4.74. The predicted octanol–water partition coefficient (Wildman–Crippen LogP) is 9.37. The van der Waals surface area contributed by atoms with E-state index >= 15 is 0 Å². The standard InChI is InChI=1S/C38H22N4/c1-2-10-27-26(9-1)29-11-4-12-30-28(15-16-31(27)35(29)30)33-22-24-14-17-34(42-36(24)37-32(33)13-5-18-39-37)23-7-3-8-25(21-23)38-40-19-6-20-41-38/h1-22H. The highest BCUT2D eigenvalue weighted by molar-refractivity contribution is 6.21. The number of pyridine rings is 2. The Morgan fingerprint density at radius 1 is 0.405 bits per heavy atom. The molecule has 0 N–H and O–H groups in total. The third kappa shape index (κ3) is 3.36. The van der Waals surface area contributed by atoms with Gasteiger partial charge in [0, 0.05) is 40.5 Å². The fourth-order valence-corrected chi connectivity index (χ4v) is 6.51. The fourth-order valence-electron chi connectivity index (χ4n) is 6.51. The van der Waals surface area contributed by atoms with Crippen molar-refractivity contribution in [3.63, 3.8) is 0 Å². The molecule has 8 aromatic rings. The first-order valence-electron chi connectivity index (χ1n) is 14.1. The maximum atomic E-state index is 5.17. The third-order valence-electron chi connectivity index (χ3n) is 8.37. The maximum Gasteiger partial charge on any atom is 0.159 e. The van der Waals surface area contributed by atoms with Crippen molar-refractivity contribution in [2.75, 3.05) is 0 Å². The summed E-state index contributed by atoms with van der Waals surface area (Å²) in [6, 6.07) is 40.7. The zero-order valence-electron chi connectivity index (χ0n) is 22.5. The Labute approximate surface area is 242 Å². The van der Waals surface area contributed by atoms with Crippen LogP contribution in [0.5, 0.6) is 0 Å². The SMILES string of the molecule is c1cnc(-c2cccc(-c3ccc4cc(-c5ccc6c7c(cccc57)-c5ccccc5-6)c5cccnc5c4n3)c2)nc1. The molecule has 42 heavy (non-hydrogen) atoms. The van der Waals surface area contributed by atoms with E-state index in [9.17, 15) is 0 Å². The molecule has 1 aliphatic rings. The largest absolute Gasteiger partial charge is 0.254 e. The Morgan fingerprint density at radius 2 is 1.12 bits per heavy atom. The van der Waals surface area contributed by atoms with Crippen LogP contribution in [0.25, 0.3) is 88.6 Å². The normalized spacial score (nSPS) is 11.8. The van der Waals surface area contributed by atoms with Crippen molar-refractivity contribution >= 4 is 32.6 Å². The molecule has 0 saturated heterocycles. The van der Waals surface area contributed by atoms with Crippen LogP contribution in [0, 0.1) is 0 Å². The Kier molecular flexibility index (Phi) is 4.87. The number of nitrogens with zero attached hydrogens (tertiary/aromatic N) is 4. The van der Waals surface area contributed by atoms with E-state index in [1.54, 1.807) is 12.4 Å². The zero-order valence-corrected chi connectivity index (χ0v) is 22.5. The first kappa shape index (κ1) is 23.0. The van der Waals surface area contributed by atoms with Crippen molar-refractivity contribution < 1.29 is 0 Å². The van der Waals surface area contributed by atoms with Crippen LogP contribution in [-0.4, -0.2) is 19.9 Å². The molecule has 0 atom stereocenters. The molecular formula is C38H22N4. The molecular weight excluding hydrogens is 512 g/mol. The van der Waals surface area contributed by atoms with Gasteiger partial charge in [0.1, 0.15) is 0 Å². The molecule has 0 radical (unpaired) electrons. The molecule has 4 nitrogen and oxygen atoms in total. The Balaban J connectivity index is 1.25. The molecule has 0 fully saturated rings. The number of hydrogen-bond donors (Lipinski definition) is 0. The van der Waals surface area contributed by atoms with Gasteiger partial charge in [-0.1, -0.05) is 84.9 Å². The molecule has 0 spiro atoms. The lowest BCUT2D eigenvalue weighted by Crippen LogP contribution is -1.93. The minimum absolute atomic E-state index is 0.699. The summed E-state index contributed by atoms with van der Waals surface area (Å²) in [7, 11) is 0. The summed E-state index contributed by atoms with van der Waals surface area (Å²) in [4.78, 5) is 18.9. The van der Waals surface area contributed by atoms with Gasteiger partial charge in [-0.05, 0) is 74.5 Å². The van der Waals surface area contributed by atoms with Crippen LogP contribution in [0.4, 0.5) is 0 Å². The van der Waals surface area contributed by atoms with Gasteiger partial charge in [0.25, 0.3) is 0 Å². The summed E-state index contributed by atoms with van der Waals surface area (Å²) in [5.41, 5.74) is 12.3. The fraction of sp³-hybridized carbons (Fsp3) is 0. The predicted molar refractivity (Wildman–Crippen MR) is 171 cm³/mol. The first-order chi connectivity index (χ1) is 20.8. The molecule has 4 heteroatoms. The van der Waals surface area contributed by atoms with E-state index in [4.69, 9.17) is 9.97 Å². The second kappa shape index (κ2) is 8.88. The second-order valence-corrected chi connectivity index (χ2v) is 10.7. The number of fused-ring (bicyclic) bond motifs is 6. The molecule has 9 rings (SSSR count). The second-order valence-electron chi connectivity index (χ2n) is 10.7. The molecule has 0 unspecified atom stereocenters. The van der Waals surface area contributed by atoms with Gasteiger partial charge in [0.15, 0.2) is 5.82 Å². The lowest BCUT2D eigenvalue weighted by molar-refractivity contribution is 1.18. The molecule has 0 amide bonds. The summed E-state index contributed by atoms with van der Waals surface area (Å²) >= 11 is 0. The van der Waals surface area contributed by atoms with E-state index in [0.717, 1.165) is 38.6 Å². The molecule has 3 heterocycles. The minimum atomic E-state index is 0.699. The molecule has 0 bridgehead atoms. The average Bonchev–Trinajstić information content (AvgIpc) is 3.40. The zero-order chi connectivity index (χ0) is 27.6. The molecule has 0 aliphatic heterocycles. The highest BCUT2D eigenvalue weighted by Crippen LogP contribution is 2.50. The van der Waals surface area contributed by atoms with Gasteiger partial charge >= 0.3 is 0 Å². The van der Waals surface area contributed by atoms with Gasteiger partial charge in [-0.25, -0.2) is 15.0 Å². The van der Waals surface area contributed by atoms with Gasteiger partial charge in [-0.3, -0.25) is 4.98 Å². The van der Waals surface area contributed by atoms with Crippen molar-refractivity contribution in [3.8, 4) is 56.0 Å². The quantitative estimate of drug-likeness (QED) is 0.212. The van der Waals surface area contributed by atoms with Crippen molar-refractivity contribution in [2.45, 2.75) is 0 Å². The molecule has 5 aromatic carbocycles. The number of rotatable bonds is 3. The summed E-state index contributed by atoms with van der Waals surface area (Å²) in [6.07, 6.45) is 5.39. The summed E-state index contributed by atoms with van der Waals surface area (Å²) in [6.45, 7) is 0. The smallest absolute Gasteiger partial charge is 0.159 e. The van der Waals surface area contributed by atoms with Gasteiger partial charge in [-0.15, -0.1) is 0 Å². The van der Waals surface area contributed by atoms with Crippen LogP contribution in [0.1, 0.15) is 0 Å². The summed E-state index contributed by atoms with van der Waals surface area (Å²) < 4.78 is 0. The topological polar surface area (TPSA) is 51.6 Å².